The van der Waals surface area contributed by atoms with Gasteiger partial charge in [0.25, 0.3) is 0 Å². The summed E-state index contributed by atoms with van der Waals surface area (Å²) in [6, 6.07) is 5.92. The maximum absolute atomic E-state index is 11.8. The molecule has 1 aromatic rings. The van der Waals surface area contributed by atoms with Crippen LogP contribution in [0, 0.1) is 0 Å². The summed E-state index contributed by atoms with van der Waals surface area (Å²) >= 11 is 0. The molecule has 0 fully saturated rings. The van der Waals surface area contributed by atoms with Crippen molar-refractivity contribution in [3.8, 4) is 5.75 Å². The molecule has 0 radical (unpaired) electrons. The Hall–Kier alpha value is -2.32. The molecule has 0 heterocycles. The van der Waals surface area contributed by atoms with Crippen LogP contribution < -0.4 is 10.1 Å². The van der Waals surface area contributed by atoms with Gasteiger partial charge in [-0.3, -0.25) is 0 Å². The van der Waals surface area contributed by atoms with E-state index < -0.39 is 29.8 Å². The van der Waals surface area contributed by atoms with Gasteiger partial charge in [-0.2, -0.15) is 0 Å². The lowest BCUT2D eigenvalue weighted by Crippen LogP contribution is -2.52. The summed E-state index contributed by atoms with van der Waals surface area (Å²) in [6.07, 6.45) is -2.13. The van der Waals surface area contributed by atoms with Crippen molar-refractivity contribution in [3.63, 3.8) is 0 Å². The van der Waals surface area contributed by atoms with Crippen molar-refractivity contribution >= 4 is 12.1 Å². The summed E-state index contributed by atoms with van der Waals surface area (Å²) in [5.41, 5.74) is 0.133. The average Bonchev–Trinajstić information content (AvgIpc) is 2.58. The molecule has 2 atom stereocenters. The molecule has 0 bridgehead atoms. The Morgan fingerprint density at radius 3 is 2.27 bits per heavy atom. The van der Waals surface area contributed by atoms with E-state index in [4.69, 9.17) is 14.2 Å². The minimum absolute atomic E-state index is 0.179. The number of amides is 1. The zero-order valence-corrected chi connectivity index (χ0v) is 15.8. The number of rotatable bonds is 8. The third-order valence-corrected chi connectivity index (χ3v) is 3.23. The summed E-state index contributed by atoms with van der Waals surface area (Å²) in [5, 5.41) is 12.5. The first-order valence-electron chi connectivity index (χ1n) is 8.12. The molecular weight excluding hydrogens is 342 g/mol. The van der Waals surface area contributed by atoms with Crippen LogP contribution in [-0.4, -0.2) is 55.7 Å². The second-order valence-electron chi connectivity index (χ2n) is 6.58. The van der Waals surface area contributed by atoms with E-state index in [0.29, 0.717) is 0 Å². The molecule has 1 aromatic carbocycles. The molecule has 0 aliphatic carbocycles. The Kier molecular flexibility index (Phi) is 8.34. The minimum Gasteiger partial charge on any atom is -0.497 e. The Balaban J connectivity index is 2.57. The van der Waals surface area contributed by atoms with Crippen LogP contribution in [0.5, 0.6) is 5.75 Å². The monoisotopic (exact) mass is 369 g/mol. The topological polar surface area (TPSA) is 103 Å². The molecule has 1 amide bonds. The Bertz CT molecular complexity index is 580. The fraction of sp³-hybridized carbons (Fsp3) is 0.556. The van der Waals surface area contributed by atoms with Gasteiger partial charge in [0.1, 0.15) is 17.5 Å². The number of aliphatic hydroxyl groups is 1. The van der Waals surface area contributed by atoms with Gasteiger partial charge in [-0.1, -0.05) is 12.1 Å². The number of carbonyl (C=O) groups is 2. The van der Waals surface area contributed by atoms with Crippen molar-refractivity contribution in [2.24, 2.45) is 0 Å². The molecule has 146 valence electrons. The van der Waals surface area contributed by atoms with Crippen LogP contribution in [0.1, 0.15) is 26.3 Å². The molecule has 2 N–H and O–H groups in total. The van der Waals surface area contributed by atoms with Gasteiger partial charge in [-0.05, 0) is 38.5 Å². The number of carbonyl (C=O) groups excluding carboxylic acids is 2. The highest BCUT2D eigenvalue weighted by Gasteiger charge is 2.31. The number of ether oxygens (including phenoxy) is 4. The van der Waals surface area contributed by atoms with Crippen molar-refractivity contribution < 1.29 is 33.6 Å². The lowest BCUT2D eigenvalue weighted by molar-refractivity contribution is -0.147. The molecule has 0 aromatic heterocycles. The number of hydrogen-bond donors (Lipinski definition) is 2. The maximum atomic E-state index is 11.8. The van der Waals surface area contributed by atoms with Crippen molar-refractivity contribution in [1.29, 1.82) is 0 Å². The molecule has 0 saturated carbocycles. The Labute approximate surface area is 153 Å². The van der Waals surface area contributed by atoms with Crippen LogP contribution in [0.25, 0.3) is 0 Å². The highest BCUT2D eigenvalue weighted by Crippen LogP contribution is 2.12. The van der Waals surface area contributed by atoms with Gasteiger partial charge >= 0.3 is 12.1 Å². The number of esters is 1. The first-order chi connectivity index (χ1) is 12.2. The molecule has 0 unspecified atom stereocenters. The van der Waals surface area contributed by atoms with Crippen molar-refractivity contribution in [1.82, 2.24) is 5.32 Å². The zero-order chi connectivity index (χ0) is 19.7. The highest BCUT2D eigenvalue weighted by molar-refractivity contribution is 5.82. The van der Waals surface area contributed by atoms with Crippen LogP contribution in [0.3, 0.4) is 0 Å². The molecular formula is C18H27NO7. The number of nitrogens with one attached hydrogen (secondary N) is 1. The smallest absolute Gasteiger partial charge is 0.408 e. The molecule has 0 saturated heterocycles. The minimum atomic E-state index is -1.30. The lowest BCUT2D eigenvalue weighted by atomic mass is 10.1. The van der Waals surface area contributed by atoms with Crippen molar-refractivity contribution in [2.75, 3.05) is 20.8 Å². The van der Waals surface area contributed by atoms with E-state index in [0.717, 1.165) is 18.4 Å². The number of aliphatic hydroxyl groups excluding tert-OH is 1. The SMILES string of the molecule is COC(=O)[C@@H](NC(=O)OC(C)(C)C)[C@@H](O)COCc1ccc(OC)cc1. The van der Waals surface area contributed by atoms with E-state index in [1.54, 1.807) is 40.0 Å². The number of hydrogen-bond acceptors (Lipinski definition) is 7. The summed E-state index contributed by atoms with van der Waals surface area (Å²) < 4.78 is 20.2. The standard InChI is InChI=1S/C18H27NO7/c1-18(2,3)26-17(22)19-15(16(21)24-5)14(20)11-25-10-12-6-8-13(23-4)9-7-12/h6-9,14-15,20H,10-11H2,1-5H3,(H,19,22)/t14-,15-/m0/s1. The van der Waals surface area contributed by atoms with E-state index in [1.807, 2.05) is 12.1 Å². The molecule has 0 aliphatic heterocycles. The van der Waals surface area contributed by atoms with Gasteiger partial charge in [0.05, 0.1) is 27.4 Å². The molecule has 26 heavy (non-hydrogen) atoms. The third kappa shape index (κ3) is 7.71. The van der Waals surface area contributed by atoms with E-state index >= 15 is 0 Å². The number of methoxy groups -OCH3 is 2. The maximum Gasteiger partial charge on any atom is 0.408 e. The van der Waals surface area contributed by atoms with E-state index in [1.165, 1.54) is 0 Å². The van der Waals surface area contributed by atoms with E-state index in [2.05, 4.69) is 10.1 Å². The van der Waals surface area contributed by atoms with Gasteiger partial charge in [-0.25, -0.2) is 9.59 Å². The second-order valence-corrected chi connectivity index (χ2v) is 6.58. The quantitative estimate of drug-likeness (QED) is 0.671. The predicted octanol–water partition coefficient (Wildman–Crippen LogP) is 1.64. The van der Waals surface area contributed by atoms with Crippen LogP contribution in [0.2, 0.25) is 0 Å². The van der Waals surface area contributed by atoms with Gasteiger partial charge in [-0.15, -0.1) is 0 Å². The van der Waals surface area contributed by atoms with Crippen LogP contribution in [0.4, 0.5) is 4.79 Å². The van der Waals surface area contributed by atoms with Gasteiger partial charge in [0.15, 0.2) is 6.04 Å². The molecule has 8 nitrogen and oxygen atoms in total. The molecule has 0 spiro atoms. The third-order valence-electron chi connectivity index (χ3n) is 3.23. The normalized spacial score (nSPS) is 13.5. The van der Waals surface area contributed by atoms with Crippen LogP contribution in [0.15, 0.2) is 24.3 Å². The van der Waals surface area contributed by atoms with Crippen molar-refractivity contribution in [2.45, 2.75) is 45.1 Å². The van der Waals surface area contributed by atoms with Crippen molar-refractivity contribution in [3.05, 3.63) is 29.8 Å². The van der Waals surface area contributed by atoms with Crippen LogP contribution in [-0.2, 0) is 25.6 Å². The number of alkyl carbamates (subject to hydrolysis) is 1. The fourth-order valence-corrected chi connectivity index (χ4v) is 1.99. The second kappa shape index (κ2) is 9.98. The van der Waals surface area contributed by atoms with Gasteiger partial charge in [0, 0.05) is 0 Å². The molecule has 1 rings (SSSR count). The molecule has 8 heteroatoms. The summed E-state index contributed by atoms with van der Waals surface area (Å²) in [7, 11) is 2.74. The van der Waals surface area contributed by atoms with Crippen LogP contribution >= 0.6 is 0 Å². The van der Waals surface area contributed by atoms with E-state index in [-0.39, 0.29) is 13.2 Å². The Morgan fingerprint density at radius 1 is 1.15 bits per heavy atom. The Morgan fingerprint density at radius 2 is 1.77 bits per heavy atom. The number of benzene rings is 1. The zero-order valence-electron chi connectivity index (χ0n) is 15.8. The first-order valence-corrected chi connectivity index (χ1v) is 8.12. The predicted molar refractivity (Wildman–Crippen MR) is 93.8 cm³/mol. The summed E-state index contributed by atoms with van der Waals surface area (Å²) in [6.45, 7) is 5.11. The summed E-state index contributed by atoms with van der Waals surface area (Å²) in [5.74, 6) is -0.0718. The highest BCUT2D eigenvalue weighted by atomic mass is 16.6. The molecule has 0 aliphatic rings. The van der Waals surface area contributed by atoms with Gasteiger partial charge < -0.3 is 29.4 Å². The fourth-order valence-electron chi connectivity index (χ4n) is 1.99. The largest absolute Gasteiger partial charge is 0.497 e. The average molecular weight is 369 g/mol. The van der Waals surface area contributed by atoms with E-state index in [9.17, 15) is 14.7 Å². The first kappa shape index (κ1) is 21.7. The summed E-state index contributed by atoms with van der Waals surface area (Å²) in [4.78, 5) is 23.7. The van der Waals surface area contributed by atoms with Gasteiger partial charge in [0.2, 0.25) is 0 Å². The lowest BCUT2D eigenvalue weighted by Gasteiger charge is -2.25.